The monoisotopic (exact) mass is 200 g/mol. The molecule has 2 heteroatoms. The van der Waals surface area contributed by atoms with E-state index in [4.69, 9.17) is 0 Å². The van der Waals surface area contributed by atoms with Crippen molar-refractivity contribution in [3.63, 3.8) is 0 Å². The van der Waals surface area contributed by atoms with Gasteiger partial charge in [0.25, 0.3) is 0 Å². The van der Waals surface area contributed by atoms with Crippen molar-refractivity contribution in [3.05, 3.63) is 53.1 Å². The Kier molecular flexibility index (Phi) is 2.58. The van der Waals surface area contributed by atoms with E-state index in [0.29, 0.717) is 0 Å². The molecule has 15 heavy (non-hydrogen) atoms. The molecule has 1 heterocycles. The average molecular weight is 200 g/mol. The Morgan fingerprint density at radius 1 is 1.27 bits per heavy atom. The van der Waals surface area contributed by atoms with Crippen LogP contribution in [0.4, 0.5) is 0 Å². The fourth-order valence-electron chi connectivity index (χ4n) is 1.79. The molecule has 0 amide bonds. The van der Waals surface area contributed by atoms with Gasteiger partial charge in [0.1, 0.15) is 0 Å². The van der Waals surface area contributed by atoms with Crippen LogP contribution in [0.25, 0.3) is 0 Å². The maximum absolute atomic E-state index is 4.13. The van der Waals surface area contributed by atoms with Crippen LogP contribution in [0.3, 0.4) is 0 Å². The number of aromatic nitrogens is 2. The Labute approximate surface area is 90.6 Å². The molecule has 2 aromatic rings. The van der Waals surface area contributed by atoms with Crippen LogP contribution in [-0.4, -0.2) is 9.55 Å². The largest absolute Gasteiger partial charge is 0.337 e. The van der Waals surface area contributed by atoms with Gasteiger partial charge in [0.2, 0.25) is 0 Å². The fraction of sp³-hybridized carbons (Fsp3) is 0.308. The molecule has 0 N–H and O–H groups in total. The van der Waals surface area contributed by atoms with Crippen molar-refractivity contribution in [3.8, 4) is 0 Å². The van der Waals surface area contributed by atoms with Gasteiger partial charge in [-0.25, -0.2) is 4.98 Å². The fourth-order valence-corrected chi connectivity index (χ4v) is 1.79. The zero-order valence-corrected chi connectivity index (χ0v) is 9.49. The first-order valence-corrected chi connectivity index (χ1v) is 5.18. The van der Waals surface area contributed by atoms with Crippen molar-refractivity contribution in [1.29, 1.82) is 0 Å². The van der Waals surface area contributed by atoms with E-state index in [0.717, 1.165) is 6.42 Å². The molecule has 0 saturated heterocycles. The normalized spacial score (nSPS) is 10.6. The molecule has 2 rings (SSSR count). The van der Waals surface area contributed by atoms with E-state index in [2.05, 4.69) is 41.6 Å². The number of benzene rings is 1. The predicted octanol–water partition coefficient (Wildman–Crippen LogP) is 2.63. The zero-order chi connectivity index (χ0) is 10.8. The number of nitrogens with zero attached hydrogens (tertiary/aromatic N) is 2. The number of hydrogen-bond donors (Lipinski definition) is 0. The number of imidazole rings is 1. The Morgan fingerprint density at radius 2 is 2.07 bits per heavy atom. The molecule has 0 spiro atoms. The van der Waals surface area contributed by atoms with Gasteiger partial charge in [-0.15, -0.1) is 0 Å². The minimum absolute atomic E-state index is 0.961. The van der Waals surface area contributed by atoms with Gasteiger partial charge < -0.3 is 4.57 Å². The summed E-state index contributed by atoms with van der Waals surface area (Å²) >= 11 is 0. The van der Waals surface area contributed by atoms with Crippen LogP contribution in [0.5, 0.6) is 0 Å². The number of rotatable bonds is 2. The Hall–Kier alpha value is -1.57. The molecule has 0 bridgehead atoms. The standard InChI is InChI=1S/C13H16N2/c1-10-4-5-12(11(2)6-10)7-13-8-14-9-15(13)3/h4-6,8-9H,7H2,1-3H3. The molecule has 0 saturated carbocycles. The molecule has 2 nitrogen and oxygen atoms in total. The highest BCUT2D eigenvalue weighted by Gasteiger charge is 2.03. The maximum Gasteiger partial charge on any atom is 0.0945 e. The highest BCUT2D eigenvalue weighted by atomic mass is 15.0. The number of aryl methyl sites for hydroxylation is 3. The summed E-state index contributed by atoms with van der Waals surface area (Å²) in [6.45, 7) is 4.29. The van der Waals surface area contributed by atoms with E-state index in [1.165, 1.54) is 22.4 Å². The molecule has 0 aliphatic heterocycles. The lowest BCUT2D eigenvalue weighted by Gasteiger charge is -2.07. The van der Waals surface area contributed by atoms with E-state index in [1.54, 1.807) is 0 Å². The van der Waals surface area contributed by atoms with Crippen LogP contribution in [-0.2, 0) is 13.5 Å². The van der Waals surface area contributed by atoms with E-state index in [9.17, 15) is 0 Å². The van der Waals surface area contributed by atoms with E-state index >= 15 is 0 Å². The molecule has 0 fully saturated rings. The van der Waals surface area contributed by atoms with Crippen LogP contribution in [0.2, 0.25) is 0 Å². The van der Waals surface area contributed by atoms with Crippen molar-refractivity contribution in [1.82, 2.24) is 9.55 Å². The van der Waals surface area contributed by atoms with Gasteiger partial charge in [0, 0.05) is 25.4 Å². The summed E-state index contributed by atoms with van der Waals surface area (Å²) in [5, 5.41) is 0. The molecule has 0 aliphatic rings. The summed E-state index contributed by atoms with van der Waals surface area (Å²) in [4.78, 5) is 4.13. The summed E-state index contributed by atoms with van der Waals surface area (Å²) in [7, 11) is 2.03. The third kappa shape index (κ3) is 2.09. The highest BCUT2D eigenvalue weighted by molar-refractivity contribution is 5.33. The van der Waals surface area contributed by atoms with Gasteiger partial charge in [0.15, 0.2) is 0 Å². The molecule has 78 valence electrons. The van der Waals surface area contributed by atoms with Gasteiger partial charge >= 0.3 is 0 Å². The molecule has 1 aromatic carbocycles. The van der Waals surface area contributed by atoms with Gasteiger partial charge in [-0.1, -0.05) is 23.8 Å². The van der Waals surface area contributed by atoms with Crippen LogP contribution in [0, 0.1) is 13.8 Å². The molecule has 0 radical (unpaired) electrons. The van der Waals surface area contributed by atoms with Crippen LogP contribution in [0.15, 0.2) is 30.7 Å². The third-order valence-corrected chi connectivity index (χ3v) is 2.79. The van der Waals surface area contributed by atoms with Gasteiger partial charge in [0.05, 0.1) is 6.33 Å². The lowest BCUT2D eigenvalue weighted by molar-refractivity contribution is 0.843. The van der Waals surface area contributed by atoms with E-state index in [1.807, 2.05) is 19.6 Å². The van der Waals surface area contributed by atoms with Gasteiger partial charge in [-0.05, 0) is 25.0 Å². The average Bonchev–Trinajstić information content (AvgIpc) is 2.57. The van der Waals surface area contributed by atoms with Crippen LogP contribution >= 0.6 is 0 Å². The second kappa shape index (κ2) is 3.89. The molecule has 0 aliphatic carbocycles. The quantitative estimate of drug-likeness (QED) is 0.728. The van der Waals surface area contributed by atoms with Crippen LogP contribution < -0.4 is 0 Å². The summed E-state index contributed by atoms with van der Waals surface area (Å²) < 4.78 is 2.07. The first-order chi connectivity index (χ1) is 7.16. The minimum Gasteiger partial charge on any atom is -0.337 e. The highest BCUT2D eigenvalue weighted by Crippen LogP contribution is 2.14. The topological polar surface area (TPSA) is 17.8 Å². The van der Waals surface area contributed by atoms with Gasteiger partial charge in [-0.2, -0.15) is 0 Å². The lowest BCUT2D eigenvalue weighted by atomic mass is 10.0. The second-order valence-corrected chi connectivity index (χ2v) is 4.10. The first kappa shape index (κ1) is 9.97. The van der Waals surface area contributed by atoms with Gasteiger partial charge in [-0.3, -0.25) is 0 Å². The smallest absolute Gasteiger partial charge is 0.0945 e. The summed E-state index contributed by atoms with van der Waals surface area (Å²) in [5.74, 6) is 0. The Balaban J connectivity index is 2.29. The predicted molar refractivity (Wildman–Crippen MR) is 61.9 cm³/mol. The summed E-state index contributed by atoms with van der Waals surface area (Å²) in [5.41, 5.74) is 5.31. The molecular weight excluding hydrogens is 184 g/mol. The SMILES string of the molecule is Cc1ccc(Cc2cncn2C)c(C)c1. The molecular formula is C13H16N2. The van der Waals surface area contributed by atoms with Crippen molar-refractivity contribution in [2.45, 2.75) is 20.3 Å². The van der Waals surface area contributed by atoms with Crippen LogP contribution in [0.1, 0.15) is 22.4 Å². The third-order valence-electron chi connectivity index (χ3n) is 2.79. The van der Waals surface area contributed by atoms with E-state index < -0.39 is 0 Å². The minimum atomic E-state index is 0.961. The Morgan fingerprint density at radius 3 is 2.67 bits per heavy atom. The van der Waals surface area contributed by atoms with Crippen molar-refractivity contribution < 1.29 is 0 Å². The van der Waals surface area contributed by atoms with Crippen molar-refractivity contribution in [2.75, 3.05) is 0 Å². The van der Waals surface area contributed by atoms with E-state index in [-0.39, 0.29) is 0 Å². The lowest BCUT2D eigenvalue weighted by Crippen LogP contribution is -1.98. The summed E-state index contributed by atoms with van der Waals surface area (Å²) in [6, 6.07) is 6.60. The number of hydrogen-bond acceptors (Lipinski definition) is 1. The molecule has 1 aromatic heterocycles. The molecule has 0 atom stereocenters. The maximum atomic E-state index is 4.13. The summed E-state index contributed by atoms with van der Waals surface area (Å²) in [6.07, 6.45) is 4.74. The first-order valence-electron chi connectivity index (χ1n) is 5.18. The van der Waals surface area contributed by atoms with Crippen molar-refractivity contribution >= 4 is 0 Å². The molecule has 0 unspecified atom stereocenters. The zero-order valence-electron chi connectivity index (χ0n) is 9.49. The second-order valence-electron chi connectivity index (χ2n) is 4.10. The Bertz CT molecular complexity index is 469. The van der Waals surface area contributed by atoms with Crippen molar-refractivity contribution in [2.24, 2.45) is 7.05 Å².